The highest BCUT2D eigenvalue weighted by Crippen LogP contribution is 2.35. The number of imidazole rings is 1. The molecule has 0 bridgehead atoms. The number of piperazine rings is 1. The van der Waals surface area contributed by atoms with Crippen LogP contribution < -0.4 is 5.32 Å². The Morgan fingerprint density at radius 1 is 0.778 bits per heavy atom. The van der Waals surface area contributed by atoms with Gasteiger partial charge in [0.15, 0.2) is 0 Å². The first-order valence-corrected chi connectivity index (χ1v) is 12.6. The van der Waals surface area contributed by atoms with E-state index in [1.165, 1.54) is 0 Å². The van der Waals surface area contributed by atoms with Crippen LogP contribution in [0.5, 0.6) is 0 Å². The summed E-state index contributed by atoms with van der Waals surface area (Å²) < 4.78 is 2.15. The molecule has 1 aromatic heterocycles. The molecule has 1 saturated heterocycles. The minimum absolute atomic E-state index is 0.0300. The Labute approximate surface area is 213 Å². The third kappa shape index (κ3) is 5.25. The van der Waals surface area contributed by atoms with Gasteiger partial charge in [-0.3, -0.25) is 9.69 Å². The molecule has 0 unspecified atom stereocenters. The Kier molecular flexibility index (Phi) is 7.26. The van der Waals surface area contributed by atoms with E-state index in [4.69, 9.17) is 4.98 Å². The molecule has 36 heavy (non-hydrogen) atoms. The molecule has 1 N–H and O–H groups in total. The van der Waals surface area contributed by atoms with Crippen LogP contribution in [0.25, 0.3) is 33.9 Å². The van der Waals surface area contributed by atoms with Gasteiger partial charge in [0.2, 0.25) is 5.91 Å². The van der Waals surface area contributed by atoms with Crippen LogP contribution in [-0.2, 0) is 11.8 Å². The molecule has 0 saturated carbocycles. The average Bonchev–Trinajstić information content (AvgIpc) is 3.27. The van der Waals surface area contributed by atoms with Gasteiger partial charge in [0.25, 0.3) is 0 Å². The van der Waals surface area contributed by atoms with Gasteiger partial charge in [0, 0.05) is 55.6 Å². The second kappa shape index (κ2) is 10.9. The Morgan fingerprint density at radius 3 is 1.97 bits per heavy atom. The first kappa shape index (κ1) is 24.0. The Morgan fingerprint density at radius 2 is 1.36 bits per heavy atom. The number of anilines is 1. The number of amides is 1. The second-order valence-corrected chi connectivity index (χ2v) is 9.26. The van der Waals surface area contributed by atoms with Gasteiger partial charge >= 0.3 is 0 Å². The zero-order valence-corrected chi connectivity index (χ0v) is 21.0. The maximum absolute atomic E-state index is 12.6. The van der Waals surface area contributed by atoms with E-state index in [-0.39, 0.29) is 5.91 Å². The lowest BCUT2D eigenvalue weighted by atomic mass is 10.1. The van der Waals surface area contributed by atoms with E-state index in [1.54, 1.807) is 0 Å². The van der Waals surface area contributed by atoms with Crippen LogP contribution >= 0.6 is 0 Å². The van der Waals surface area contributed by atoms with Crippen molar-refractivity contribution in [3.63, 3.8) is 0 Å². The summed E-state index contributed by atoms with van der Waals surface area (Å²) >= 11 is 0. The lowest BCUT2D eigenvalue weighted by Gasteiger charge is -2.33. The number of carbonyl (C=O) groups is 1. The summed E-state index contributed by atoms with van der Waals surface area (Å²) in [6.45, 7) is 7.61. The van der Waals surface area contributed by atoms with Crippen molar-refractivity contribution in [2.45, 2.75) is 6.92 Å². The first-order chi connectivity index (χ1) is 17.6. The normalized spacial score (nSPS) is 14.6. The summed E-state index contributed by atoms with van der Waals surface area (Å²) in [5.41, 5.74) is 6.06. The van der Waals surface area contributed by atoms with E-state index in [0.29, 0.717) is 6.54 Å². The molecule has 1 fully saturated rings. The molecule has 6 heteroatoms. The molecule has 0 aliphatic carbocycles. The number of benzene rings is 3. The monoisotopic (exact) mass is 479 g/mol. The zero-order chi connectivity index (χ0) is 24.9. The molecular weight excluding hydrogens is 446 g/mol. The molecule has 3 aromatic carbocycles. The van der Waals surface area contributed by atoms with Crippen molar-refractivity contribution in [2.24, 2.45) is 7.05 Å². The fraction of sp³-hybridized carbons (Fsp3) is 0.267. The predicted octanol–water partition coefficient (Wildman–Crippen LogP) is 5.00. The largest absolute Gasteiger partial charge is 0.327 e. The van der Waals surface area contributed by atoms with E-state index in [0.717, 1.165) is 72.3 Å². The van der Waals surface area contributed by atoms with Crippen LogP contribution in [0.2, 0.25) is 0 Å². The fourth-order valence-corrected chi connectivity index (χ4v) is 4.85. The van der Waals surface area contributed by atoms with E-state index in [1.807, 2.05) is 48.5 Å². The number of hydrogen-bond donors (Lipinski definition) is 1. The van der Waals surface area contributed by atoms with Gasteiger partial charge in [-0.1, -0.05) is 67.6 Å². The summed E-state index contributed by atoms with van der Waals surface area (Å²) in [5, 5.41) is 3.05. The average molecular weight is 480 g/mol. The van der Waals surface area contributed by atoms with Gasteiger partial charge in [0.1, 0.15) is 5.82 Å². The molecule has 4 aromatic rings. The van der Waals surface area contributed by atoms with Crippen molar-refractivity contribution in [1.82, 2.24) is 19.4 Å². The minimum atomic E-state index is 0.0300. The first-order valence-electron chi connectivity index (χ1n) is 12.6. The number of carbonyl (C=O) groups excluding carboxylic acids is 1. The van der Waals surface area contributed by atoms with Crippen LogP contribution in [0.4, 0.5) is 5.69 Å². The molecule has 6 nitrogen and oxygen atoms in total. The van der Waals surface area contributed by atoms with Crippen molar-refractivity contribution < 1.29 is 4.79 Å². The highest BCUT2D eigenvalue weighted by molar-refractivity contribution is 5.92. The SMILES string of the molecule is CCN1CCN(CC(=O)Nc2ccc(-c3nc(-c4ccccc4)c(-c4ccccc4)n3C)cc2)CC1. The Hall–Kier alpha value is -3.74. The topological polar surface area (TPSA) is 53.4 Å². The lowest BCUT2D eigenvalue weighted by molar-refractivity contribution is -0.117. The van der Waals surface area contributed by atoms with Crippen LogP contribution in [0, 0.1) is 0 Å². The van der Waals surface area contributed by atoms with E-state index >= 15 is 0 Å². The van der Waals surface area contributed by atoms with Gasteiger partial charge in [-0.2, -0.15) is 0 Å². The minimum Gasteiger partial charge on any atom is -0.327 e. The van der Waals surface area contributed by atoms with Gasteiger partial charge < -0.3 is 14.8 Å². The predicted molar refractivity (Wildman–Crippen MR) is 147 cm³/mol. The maximum Gasteiger partial charge on any atom is 0.238 e. The number of rotatable bonds is 7. The molecule has 184 valence electrons. The van der Waals surface area contributed by atoms with E-state index in [2.05, 4.69) is 70.1 Å². The summed E-state index contributed by atoms with van der Waals surface area (Å²) in [6.07, 6.45) is 0. The number of likely N-dealkylation sites (N-methyl/N-ethyl adjacent to an activating group) is 1. The zero-order valence-electron chi connectivity index (χ0n) is 21.0. The molecule has 5 rings (SSSR count). The number of nitrogens with zero attached hydrogens (tertiary/aromatic N) is 4. The van der Waals surface area contributed by atoms with Crippen molar-refractivity contribution in [3.8, 4) is 33.9 Å². The van der Waals surface area contributed by atoms with E-state index < -0.39 is 0 Å². The van der Waals surface area contributed by atoms with E-state index in [9.17, 15) is 4.79 Å². The smallest absolute Gasteiger partial charge is 0.238 e. The molecule has 1 aliphatic heterocycles. The molecule has 2 heterocycles. The maximum atomic E-state index is 12.6. The number of aromatic nitrogens is 2. The third-order valence-electron chi connectivity index (χ3n) is 6.90. The van der Waals surface area contributed by atoms with Gasteiger partial charge in [-0.15, -0.1) is 0 Å². The standard InChI is InChI=1S/C30H33N5O/c1-3-34-18-20-35(21-19-34)22-27(36)31-26-16-14-25(15-17-26)30-32-28(23-10-6-4-7-11-23)29(33(30)2)24-12-8-5-9-13-24/h4-17H,3,18-22H2,1-2H3,(H,31,36). The molecule has 1 aliphatic rings. The molecular formula is C30H33N5O. The second-order valence-electron chi connectivity index (χ2n) is 9.26. The quantitative estimate of drug-likeness (QED) is 0.405. The summed E-state index contributed by atoms with van der Waals surface area (Å²) in [5.74, 6) is 0.918. The van der Waals surface area contributed by atoms with Gasteiger partial charge in [0.05, 0.1) is 17.9 Å². The summed E-state index contributed by atoms with van der Waals surface area (Å²) in [6, 6.07) is 28.6. The van der Waals surface area contributed by atoms with Crippen molar-refractivity contribution in [3.05, 3.63) is 84.9 Å². The highest BCUT2D eigenvalue weighted by atomic mass is 16.2. The Bertz CT molecular complexity index is 1290. The van der Waals surface area contributed by atoms with Gasteiger partial charge in [-0.05, 0) is 30.8 Å². The van der Waals surface area contributed by atoms with Crippen molar-refractivity contribution in [2.75, 3.05) is 44.6 Å². The highest BCUT2D eigenvalue weighted by Gasteiger charge is 2.20. The summed E-state index contributed by atoms with van der Waals surface area (Å²) in [7, 11) is 2.06. The summed E-state index contributed by atoms with van der Waals surface area (Å²) in [4.78, 5) is 22.3. The fourth-order valence-electron chi connectivity index (χ4n) is 4.85. The molecule has 0 atom stereocenters. The van der Waals surface area contributed by atoms with Gasteiger partial charge in [-0.25, -0.2) is 4.98 Å². The molecule has 1 amide bonds. The van der Waals surface area contributed by atoms with Crippen LogP contribution in [0.3, 0.4) is 0 Å². The van der Waals surface area contributed by atoms with Crippen LogP contribution in [0.1, 0.15) is 6.92 Å². The van der Waals surface area contributed by atoms with Crippen molar-refractivity contribution in [1.29, 1.82) is 0 Å². The third-order valence-corrected chi connectivity index (χ3v) is 6.90. The lowest BCUT2D eigenvalue weighted by Crippen LogP contribution is -2.48. The molecule has 0 spiro atoms. The van der Waals surface area contributed by atoms with Crippen LogP contribution in [-0.4, -0.2) is 64.5 Å². The molecule has 0 radical (unpaired) electrons. The number of hydrogen-bond acceptors (Lipinski definition) is 4. The van der Waals surface area contributed by atoms with Crippen LogP contribution in [0.15, 0.2) is 84.9 Å². The number of nitrogens with one attached hydrogen (secondary N) is 1. The Balaban J connectivity index is 1.35. The van der Waals surface area contributed by atoms with Crippen molar-refractivity contribution >= 4 is 11.6 Å².